The summed E-state index contributed by atoms with van der Waals surface area (Å²) in [5, 5.41) is 27.2. The molecular formula is C96H135N13O27S2. The summed E-state index contributed by atoms with van der Waals surface area (Å²) >= 11 is 1.39. The highest BCUT2D eigenvalue weighted by atomic mass is 32.2. The van der Waals surface area contributed by atoms with Crippen molar-refractivity contribution in [1.29, 1.82) is 0 Å². The highest BCUT2D eigenvalue weighted by Crippen LogP contribution is 2.60. The number of urea groups is 1. The van der Waals surface area contributed by atoms with E-state index in [1.54, 1.807) is 69.6 Å². The molecule has 2 aliphatic carbocycles. The van der Waals surface area contributed by atoms with Gasteiger partial charge in [0.1, 0.15) is 30.8 Å². The number of Topliss-reactive ketones (excluding diaryl/α,β-unsaturated/α-hetero) is 1. The predicted molar refractivity (Wildman–Crippen MR) is 510 cm³/mol. The molecule has 3 aromatic heterocycles. The molecule has 758 valence electrons. The van der Waals surface area contributed by atoms with Crippen LogP contribution in [0.25, 0.3) is 21.3 Å². The van der Waals surface area contributed by atoms with Crippen molar-refractivity contribution >= 4 is 108 Å². The lowest BCUT2D eigenvalue weighted by Crippen LogP contribution is -2.55. The number of nitrogens with one attached hydrogen (secondary N) is 4. The number of aromatic nitrogens is 4. The number of nitrogens with zero attached hydrogens (tertiary/aromatic N) is 8. The highest BCUT2D eigenvalue weighted by Gasteiger charge is 2.56. The summed E-state index contributed by atoms with van der Waals surface area (Å²) in [6.07, 6.45) is 6.91. The zero-order valence-corrected chi connectivity index (χ0v) is 81.7. The van der Waals surface area contributed by atoms with Crippen molar-refractivity contribution in [2.45, 2.75) is 137 Å². The van der Waals surface area contributed by atoms with Gasteiger partial charge >= 0.3 is 18.1 Å². The van der Waals surface area contributed by atoms with Crippen molar-refractivity contribution in [3.8, 4) is 11.1 Å². The van der Waals surface area contributed by atoms with Crippen molar-refractivity contribution in [2.75, 3.05) is 220 Å². The number of para-hydroxylation sites is 1. The topological polar surface area (TPSA) is 496 Å². The SMILES string of the molecule is COCCOCCOCCOCCOCCOCCOCCOCCOCCOCCOCCN(CCC(=O)C[C@H](C(=O)N[C@@H](CCCNC(N)=O)C(=O)Nc1ccc(COC(=O)N(CCOC23CC(C)CC(C)(CC(C)(Cn4ncc(-c5ccc(N6CCc7cccc(C(=O)Nc8nc9ccccc9s8)c7C6)nc5C(=O)O)c4C)C2)C3)CCS(=O)(=O)O)cc1)C(C)C)C(=O)CN1C(=O)C=CC1=O. The van der Waals surface area contributed by atoms with Gasteiger partial charge in [-0.15, -0.1) is 0 Å². The summed E-state index contributed by atoms with van der Waals surface area (Å²) < 4.78 is 110. The van der Waals surface area contributed by atoms with Crippen LogP contribution in [0, 0.1) is 35.5 Å². The molecular weight excluding hydrogens is 1830 g/mol. The summed E-state index contributed by atoms with van der Waals surface area (Å²) in [5.41, 5.74) is 9.50. The van der Waals surface area contributed by atoms with Crippen molar-refractivity contribution in [3.63, 3.8) is 0 Å². The average Bonchev–Trinajstić information content (AvgIpc) is 0.969. The Balaban J connectivity index is 0.652. The van der Waals surface area contributed by atoms with E-state index in [0.29, 0.717) is 191 Å². The van der Waals surface area contributed by atoms with E-state index in [-0.39, 0.29) is 120 Å². The van der Waals surface area contributed by atoms with Crippen molar-refractivity contribution in [2.24, 2.45) is 34.3 Å². The number of amides is 9. The van der Waals surface area contributed by atoms with Gasteiger partial charge in [-0.2, -0.15) is 13.5 Å². The minimum atomic E-state index is -4.56. The fourth-order valence-electron chi connectivity index (χ4n) is 18.1. The first-order chi connectivity index (χ1) is 66.3. The molecule has 4 aliphatic rings. The number of hydrogen-bond donors (Lipinski definition) is 7. The molecule has 2 saturated carbocycles. The number of hydrogen-bond acceptors (Lipinski definition) is 30. The van der Waals surface area contributed by atoms with Crippen LogP contribution in [0.2, 0.25) is 0 Å². The first kappa shape index (κ1) is 110. The highest BCUT2D eigenvalue weighted by molar-refractivity contribution is 7.85. The number of thiazole rings is 1. The number of imide groups is 1. The van der Waals surface area contributed by atoms with Gasteiger partial charge in [0.05, 0.1) is 173 Å². The second kappa shape index (κ2) is 55.5. The third-order valence-corrected chi connectivity index (χ3v) is 25.8. The third kappa shape index (κ3) is 35.7. The summed E-state index contributed by atoms with van der Waals surface area (Å²) in [6.45, 7) is 19.8. The minimum absolute atomic E-state index is 0.00447. The molecule has 42 heteroatoms. The number of nitrogens with two attached hydrogens (primary N) is 1. The van der Waals surface area contributed by atoms with Gasteiger partial charge in [-0.25, -0.2) is 24.4 Å². The van der Waals surface area contributed by atoms with Gasteiger partial charge in [0, 0.05) is 118 Å². The number of primary amides is 1. The molecule has 6 atom stereocenters. The average molecular weight is 1970 g/mol. The van der Waals surface area contributed by atoms with E-state index in [2.05, 4.69) is 47.0 Å². The number of carbonyl (C=O) groups excluding carboxylic acids is 9. The maximum absolute atomic E-state index is 14.3. The number of carboxylic acids is 1. The quantitative estimate of drug-likeness (QED) is 0.0107. The number of ketones is 1. The van der Waals surface area contributed by atoms with E-state index in [9.17, 15) is 66.0 Å². The van der Waals surface area contributed by atoms with E-state index in [4.69, 9.17) is 77.4 Å². The molecule has 10 rings (SSSR count). The van der Waals surface area contributed by atoms with Crippen LogP contribution in [-0.2, 0) is 127 Å². The molecule has 8 N–H and O–H groups in total. The molecule has 2 aliphatic heterocycles. The van der Waals surface area contributed by atoms with Crippen molar-refractivity contribution < 1.29 is 128 Å². The van der Waals surface area contributed by atoms with Gasteiger partial charge in [0.2, 0.25) is 17.7 Å². The van der Waals surface area contributed by atoms with Crippen LogP contribution in [0.15, 0.2) is 97.2 Å². The maximum Gasteiger partial charge on any atom is 0.410 e. The lowest BCUT2D eigenvalue weighted by molar-refractivity contribution is -0.179. The third-order valence-electron chi connectivity index (χ3n) is 24.2. The molecule has 5 heterocycles. The van der Waals surface area contributed by atoms with Gasteiger partial charge in [0.25, 0.3) is 27.8 Å². The van der Waals surface area contributed by atoms with Crippen LogP contribution < -0.4 is 31.9 Å². The Morgan fingerprint density at radius 3 is 1.86 bits per heavy atom. The Morgan fingerprint density at radius 1 is 0.667 bits per heavy atom. The van der Waals surface area contributed by atoms with Crippen LogP contribution in [0.1, 0.15) is 136 Å². The van der Waals surface area contributed by atoms with Crippen LogP contribution >= 0.6 is 11.3 Å². The Kier molecular flexibility index (Phi) is 44.1. The van der Waals surface area contributed by atoms with E-state index < -0.39 is 111 Å². The first-order valence-electron chi connectivity index (χ1n) is 46.9. The predicted octanol–water partition coefficient (Wildman–Crippen LogP) is 8.34. The molecule has 0 radical (unpaired) electrons. The monoisotopic (exact) mass is 1970 g/mol. The number of aromatic carboxylic acids is 1. The number of methoxy groups -OCH3 is 1. The molecule has 0 saturated heterocycles. The number of carbonyl (C=O) groups is 10. The molecule has 9 amide bonds. The maximum atomic E-state index is 14.3. The Hall–Kier alpha value is -10.4. The summed E-state index contributed by atoms with van der Waals surface area (Å²) in [7, 11) is -2.93. The number of pyridine rings is 1. The van der Waals surface area contributed by atoms with Gasteiger partial charge in [0.15, 0.2) is 10.8 Å². The number of rotatable bonds is 65. The molecule has 4 unspecified atom stereocenters. The van der Waals surface area contributed by atoms with Crippen molar-refractivity contribution in [1.82, 2.24) is 45.1 Å². The Morgan fingerprint density at radius 2 is 1.27 bits per heavy atom. The van der Waals surface area contributed by atoms with E-state index in [0.717, 1.165) is 61.8 Å². The van der Waals surface area contributed by atoms with Gasteiger partial charge < -0.3 is 103 Å². The zero-order valence-electron chi connectivity index (χ0n) is 80.0. The molecule has 3 aromatic carbocycles. The van der Waals surface area contributed by atoms with Crippen LogP contribution in [-0.4, -0.2) is 328 Å². The second-order valence-corrected chi connectivity index (χ2v) is 38.5. The summed E-state index contributed by atoms with van der Waals surface area (Å²) in [4.78, 5) is 149. The molecule has 2 bridgehead atoms. The molecule has 138 heavy (non-hydrogen) atoms. The fourth-order valence-corrected chi connectivity index (χ4v) is 19.4. The van der Waals surface area contributed by atoms with Crippen molar-refractivity contribution in [3.05, 3.63) is 131 Å². The zero-order chi connectivity index (χ0) is 99.0. The lowest BCUT2D eigenvalue weighted by Gasteiger charge is -2.58. The summed E-state index contributed by atoms with van der Waals surface area (Å²) in [6, 6.07) is 21.1. The van der Waals surface area contributed by atoms with Crippen LogP contribution in [0.5, 0.6) is 0 Å². The summed E-state index contributed by atoms with van der Waals surface area (Å²) in [5.74, 6) is -6.63. The largest absolute Gasteiger partial charge is 0.476 e. The second-order valence-electron chi connectivity index (χ2n) is 35.9. The molecule has 2 fully saturated rings. The van der Waals surface area contributed by atoms with Gasteiger partial charge in [-0.3, -0.25) is 53.0 Å². The standard InChI is InChI=1S/C96H135N13O27S2/c1-67(2)76(56-73(110)26-29-105(85(113)61-108-83(111)23-24-84(108)112)30-33-125-37-38-127-41-42-129-45-46-131-49-50-133-53-54-134-52-51-132-48-47-130-44-43-128-40-39-126-36-35-124-7)88(115)101-80(15-11-27-98-91(97)119)89(116)100-72-19-17-70(18-20-72)62-135-93(120)106(32-55-138(121,122)123)31-34-136-96-58-68(3)57-94(5,64-96)63-95(6,65-96)66-109-69(4)77(59-99-109)74-21-22-82(103-86(74)90(117)118)107-28-25-71-12-10-13-75(78(71)60-107)87(114)104-92-102-79-14-8-9-16-81(79)137-92/h8-10,12-14,16-24,59,67-68,76,80H,11,15,25-58,60-66H2,1-7H3,(H,100,116)(H,101,115)(H,117,118)(H3,97,98,119)(H,102,104,114)(H,121,122,123)/t68?,76-,80-,94?,95?,96?/m0/s1. The van der Waals surface area contributed by atoms with E-state index >= 15 is 0 Å². The Bertz CT molecular complexity index is 5090. The number of carboxylic acid groups (broad SMARTS) is 1. The van der Waals surface area contributed by atoms with Crippen LogP contribution in [0.3, 0.4) is 0 Å². The fraction of sp³-hybridized carbons (Fsp3) is 0.594. The van der Waals surface area contributed by atoms with Gasteiger partial charge in [-0.05, 0) is 140 Å². The smallest absolute Gasteiger partial charge is 0.410 e. The molecule has 6 aromatic rings. The molecule has 0 spiro atoms. The Labute approximate surface area is 809 Å². The van der Waals surface area contributed by atoms with E-state index in [1.807, 2.05) is 52.9 Å². The first-order valence-corrected chi connectivity index (χ1v) is 49.3. The lowest BCUT2D eigenvalue weighted by atomic mass is 9.51. The number of anilines is 3. The minimum Gasteiger partial charge on any atom is -0.476 e. The normalized spacial score (nSPS) is 17.9. The van der Waals surface area contributed by atoms with E-state index in [1.165, 1.54) is 16.2 Å². The number of ether oxygens (including phenoxy) is 13. The number of fused-ring (bicyclic) bond motifs is 4. The number of benzene rings is 3. The van der Waals surface area contributed by atoms with Crippen LogP contribution in [0.4, 0.5) is 26.2 Å². The van der Waals surface area contributed by atoms with Gasteiger partial charge in [-0.1, -0.05) is 82.4 Å². The molecule has 40 nitrogen and oxygen atoms in total.